The molecule has 0 unspecified atom stereocenters. The number of aromatic nitrogens is 1. The molecule has 0 amide bonds. The van der Waals surface area contributed by atoms with Gasteiger partial charge in [-0.1, -0.05) is 11.3 Å². The molecular weight excluding hydrogens is 304 g/mol. The molecule has 3 N–H and O–H groups in total. The Hall–Kier alpha value is -2.00. The Labute approximate surface area is 118 Å². The third-order valence-corrected chi connectivity index (χ3v) is 5.44. The van der Waals surface area contributed by atoms with Crippen molar-refractivity contribution in [2.45, 2.75) is 11.1 Å². The topological polar surface area (TPSA) is 108 Å². The van der Waals surface area contributed by atoms with Crippen LogP contribution in [-0.4, -0.2) is 25.6 Å². The van der Waals surface area contributed by atoms with E-state index in [9.17, 15) is 18.3 Å². The lowest BCUT2D eigenvalue weighted by Crippen LogP contribution is -2.12. The smallest absolute Gasteiger partial charge is 0.306 e. The van der Waals surface area contributed by atoms with Gasteiger partial charge in [-0.3, -0.25) is 9.52 Å². The summed E-state index contributed by atoms with van der Waals surface area (Å²) in [5.41, 5.74) is 0.439. The van der Waals surface area contributed by atoms with Crippen LogP contribution in [0.3, 0.4) is 0 Å². The molecule has 0 saturated carbocycles. The molecule has 1 aromatic carbocycles. The maximum absolute atomic E-state index is 12.1. The fourth-order valence-electron chi connectivity index (χ4n) is 1.60. The van der Waals surface area contributed by atoms with Crippen LogP contribution in [-0.2, 0) is 10.0 Å². The van der Waals surface area contributed by atoms with Crippen molar-refractivity contribution in [3.63, 3.8) is 0 Å². The van der Waals surface area contributed by atoms with Crippen molar-refractivity contribution >= 4 is 27.0 Å². The summed E-state index contributed by atoms with van der Waals surface area (Å²) < 4.78 is 31.3. The van der Waals surface area contributed by atoms with Gasteiger partial charge in [0.25, 0.3) is 10.0 Å². The highest BCUT2D eigenvalue weighted by Gasteiger charge is 2.21. The summed E-state index contributed by atoms with van der Waals surface area (Å²) in [6, 6.07) is 4.10. The monoisotopic (exact) mass is 316 g/mol. The van der Waals surface area contributed by atoms with Gasteiger partial charge in [-0.2, -0.15) is 0 Å². The number of sulfonamides is 1. The van der Waals surface area contributed by atoms with Gasteiger partial charge in [-0.15, -0.1) is 0 Å². The molecule has 0 aliphatic heterocycles. The van der Waals surface area contributed by atoms with Crippen LogP contribution in [0.2, 0.25) is 0 Å². The standard InChI is InChI=1S/C11H12N2O5S2/c1-6-10(19-11(15)12-6)20(16,17)13-7-3-4-9(18-2)8(14)5-7/h3-5,13-14H,1-2H3,(H,12,15). The minimum atomic E-state index is -3.87. The number of H-pyrrole nitrogens is 1. The Balaban J connectivity index is 2.36. The summed E-state index contributed by atoms with van der Waals surface area (Å²) in [5.74, 6) is 0.0436. The van der Waals surface area contributed by atoms with Crippen molar-refractivity contribution in [1.29, 1.82) is 0 Å². The van der Waals surface area contributed by atoms with E-state index < -0.39 is 14.9 Å². The fourth-order valence-corrected chi connectivity index (χ4v) is 3.95. The summed E-state index contributed by atoms with van der Waals surface area (Å²) in [5, 5.41) is 9.60. The molecule has 0 bridgehead atoms. The lowest BCUT2D eigenvalue weighted by atomic mass is 10.3. The molecule has 0 atom stereocenters. The first-order chi connectivity index (χ1) is 9.33. The Morgan fingerprint density at radius 2 is 2.10 bits per heavy atom. The molecule has 7 nitrogen and oxygen atoms in total. The molecule has 2 aromatic rings. The molecule has 0 radical (unpaired) electrons. The van der Waals surface area contributed by atoms with Crippen molar-refractivity contribution in [2.75, 3.05) is 11.8 Å². The van der Waals surface area contributed by atoms with Crippen molar-refractivity contribution < 1.29 is 18.3 Å². The number of anilines is 1. The zero-order chi connectivity index (χ0) is 14.9. The van der Waals surface area contributed by atoms with Gasteiger partial charge in [0.2, 0.25) is 0 Å². The van der Waals surface area contributed by atoms with Gasteiger partial charge in [0.15, 0.2) is 15.7 Å². The highest BCUT2D eigenvalue weighted by atomic mass is 32.2. The molecule has 9 heteroatoms. The van der Waals surface area contributed by atoms with E-state index in [2.05, 4.69) is 9.71 Å². The number of hydrogen-bond donors (Lipinski definition) is 3. The summed E-state index contributed by atoms with van der Waals surface area (Å²) in [4.78, 5) is 13.1. The number of aryl methyl sites for hydroxylation is 1. The molecule has 0 aliphatic rings. The van der Waals surface area contributed by atoms with Gasteiger partial charge >= 0.3 is 4.87 Å². The van der Waals surface area contributed by atoms with Crippen molar-refractivity contribution in [3.05, 3.63) is 33.6 Å². The second-order valence-electron chi connectivity index (χ2n) is 3.92. The molecular formula is C11H12N2O5S2. The first-order valence-electron chi connectivity index (χ1n) is 5.43. The number of hydrogen-bond acceptors (Lipinski definition) is 6. The van der Waals surface area contributed by atoms with Crippen LogP contribution < -0.4 is 14.3 Å². The van der Waals surface area contributed by atoms with Crippen LogP contribution in [0.25, 0.3) is 0 Å². The average molecular weight is 316 g/mol. The Morgan fingerprint density at radius 1 is 1.40 bits per heavy atom. The minimum absolute atomic E-state index is 0.0854. The molecule has 1 aromatic heterocycles. The molecule has 0 spiro atoms. The first-order valence-corrected chi connectivity index (χ1v) is 7.73. The maximum Gasteiger partial charge on any atom is 0.306 e. The number of aromatic hydroxyl groups is 1. The molecule has 0 fully saturated rings. The van der Waals surface area contributed by atoms with Crippen LogP contribution in [0.1, 0.15) is 5.69 Å². The van der Waals surface area contributed by atoms with Gasteiger partial charge in [0.1, 0.15) is 0 Å². The third-order valence-electron chi connectivity index (χ3n) is 2.46. The van der Waals surface area contributed by atoms with E-state index in [0.29, 0.717) is 11.3 Å². The van der Waals surface area contributed by atoms with E-state index >= 15 is 0 Å². The summed E-state index contributed by atoms with van der Waals surface area (Å²) in [6.45, 7) is 1.50. The second-order valence-corrected chi connectivity index (χ2v) is 6.78. The zero-order valence-electron chi connectivity index (χ0n) is 10.6. The summed E-state index contributed by atoms with van der Waals surface area (Å²) in [6.07, 6.45) is 0. The number of phenolic OH excluding ortho intramolecular Hbond substituents is 1. The number of nitrogens with one attached hydrogen (secondary N) is 2. The van der Waals surface area contributed by atoms with E-state index in [4.69, 9.17) is 4.74 Å². The minimum Gasteiger partial charge on any atom is -0.504 e. The predicted octanol–water partition coefficient (Wildman–Crippen LogP) is 1.26. The van der Waals surface area contributed by atoms with Crippen LogP contribution in [0.5, 0.6) is 11.5 Å². The zero-order valence-corrected chi connectivity index (χ0v) is 12.3. The summed E-state index contributed by atoms with van der Waals surface area (Å²) in [7, 11) is -2.49. The molecule has 108 valence electrons. The highest BCUT2D eigenvalue weighted by Crippen LogP contribution is 2.30. The van der Waals surface area contributed by atoms with Crippen LogP contribution in [0, 0.1) is 6.92 Å². The molecule has 0 saturated heterocycles. The van der Waals surface area contributed by atoms with Crippen molar-refractivity contribution in [3.8, 4) is 11.5 Å². The van der Waals surface area contributed by atoms with Gasteiger partial charge in [-0.25, -0.2) is 8.42 Å². The number of phenols is 1. The number of methoxy groups -OCH3 is 1. The average Bonchev–Trinajstić information content (AvgIpc) is 2.69. The quantitative estimate of drug-likeness (QED) is 0.787. The summed E-state index contributed by atoms with van der Waals surface area (Å²) >= 11 is 0.604. The molecule has 0 aliphatic carbocycles. The SMILES string of the molecule is COc1ccc(NS(=O)(=O)c2sc(=O)[nH]c2C)cc1O. The number of thiazole rings is 1. The van der Waals surface area contributed by atoms with Gasteiger partial charge < -0.3 is 14.8 Å². The Morgan fingerprint density at radius 3 is 2.60 bits per heavy atom. The van der Waals surface area contributed by atoms with Crippen LogP contribution in [0.15, 0.2) is 27.2 Å². The third kappa shape index (κ3) is 2.78. The van der Waals surface area contributed by atoms with E-state index in [1.54, 1.807) is 0 Å². The fraction of sp³-hybridized carbons (Fsp3) is 0.182. The molecule has 1 heterocycles. The second kappa shape index (κ2) is 5.17. The van der Waals surface area contributed by atoms with Gasteiger partial charge in [0, 0.05) is 11.8 Å². The van der Waals surface area contributed by atoms with Crippen molar-refractivity contribution in [2.24, 2.45) is 0 Å². The molecule has 20 heavy (non-hydrogen) atoms. The van der Waals surface area contributed by atoms with E-state index in [-0.39, 0.29) is 27.1 Å². The van der Waals surface area contributed by atoms with Gasteiger partial charge in [-0.05, 0) is 19.1 Å². The normalized spacial score (nSPS) is 11.3. The first kappa shape index (κ1) is 14.4. The number of ether oxygens (including phenoxy) is 1. The maximum atomic E-state index is 12.1. The lowest BCUT2D eigenvalue weighted by Gasteiger charge is -2.09. The Kier molecular flexibility index (Phi) is 3.73. The Bertz CT molecular complexity index is 791. The number of aromatic amines is 1. The van der Waals surface area contributed by atoms with E-state index in [1.165, 1.54) is 32.2 Å². The number of benzene rings is 1. The van der Waals surface area contributed by atoms with Gasteiger partial charge in [0.05, 0.1) is 12.8 Å². The van der Waals surface area contributed by atoms with Crippen LogP contribution >= 0.6 is 11.3 Å². The number of rotatable bonds is 4. The van der Waals surface area contributed by atoms with Crippen molar-refractivity contribution in [1.82, 2.24) is 4.98 Å². The van der Waals surface area contributed by atoms with E-state index in [1.807, 2.05) is 0 Å². The molecule has 2 rings (SSSR count). The van der Waals surface area contributed by atoms with Crippen LogP contribution in [0.4, 0.5) is 5.69 Å². The van der Waals surface area contributed by atoms with E-state index in [0.717, 1.165) is 0 Å². The largest absolute Gasteiger partial charge is 0.504 e. The highest BCUT2D eigenvalue weighted by molar-refractivity contribution is 7.94. The lowest BCUT2D eigenvalue weighted by molar-refractivity contribution is 0.373. The predicted molar refractivity (Wildman–Crippen MR) is 75.1 cm³/mol.